The Morgan fingerprint density at radius 1 is 1.04 bits per heavy atom. The molecule has 8 heteroatoms. The van der Waals surface area contributed by atoms with Crippen molar-refractivity contribution in [2.45, 2.75) is 23.2 Å². The molecular weight excluding hydrogens is 358 g/mol. The Kier molecular flexibility index (Phi) is 4.17. The maximum absolute atomic E-state index is 4.37. The molecule has 3 heterocycles. The molecule has 0 aliphatic carbocycles. The second-order valence-corrected chi connectivity index (χ2v) is 8.33. The molecule has 24 heavy (non-hydrogen) atoms. The Labute approximate surface area is 151 Å². The Balaban J connectivity index is 1.54. The molecular formula is C16H13N5S3. The molecule has 4 rings (SSSR count). The third-order valence-corrected chi connectivity index (χ3v) is 6.30. The highest BCUT2D eigenvalue weighted by Gasteiger charge is 2.11. The Bertz CT molecular complexity index is 1010. The van der Waals surface area contributed by atoms with E-state index >= 15 is 0 Å². The van der Waals surface area contributed by atoms with Gasteiger partial charge in [0.1, 0.15) is 16.2 Å². The number of nitrogens with one attached hydrogen (secondary N) is 1. The van der Waals surface area contributed by atoms with Gasteiger partial charge in [0.25, 0.3) is 0 Å². The summed E-state index contributed by atoms with van der Waals surface area (Å²) in [6, 6.07) is 8.30. The average Bonchev–Trinajstić information content (AvgIpc) is 3.21. The normalized spacial score (nSPS) is 11.1. The molecule has 0 saturated carbocycles. The minimum Gasteiger partial charge on any atom is -0.330 e. The molecule has 0 radical (unpaired) electrons. The lowest BCUT2D eigenvalue weighted by Crippen LogP contribution is -1.91. The average molecular weight is 372 g/mol. The molecule has 3 aromatic heterocycles. The molecule has 0 aliphatic heterocycles. The molecule has 0 saturated heterocycles. The third kappa shape index (κ3) is 3.12. The largest absolute Gasteiger partial charge is 0.330 e. The molecule has 0 amide bonds. The van der Waals surface area contributed by atoms with Crippen molar-refractivity contribution < 1.29 is 0 Å². The van der Waals surface area contributed by atoms with Crippen molar-refractivity contribution in [2.75, 3.05) is 5.32 Å². The summed E-state index contributed by atoms with van der Waals surface area (Å²) < 4.78 is 0.854. The van der Waals surface area contributed by atoms with E-state index in [-0.39, 0.29) is 0 Å². The van der Waals surface area contributed by atoms with Crippen LogP contribution in [0.3, 0.4) is 0 Å². The van der Waals surface area contributed by atoms with Gasteiger partial charge in [-0.1, -0.05) is 17.4 Å². The minimum atomic E-state index is 0.774. The zero-order valence-electron chi connectivity index (χ0n) is 13.0. The van der Waals surface area contributed by atoms with Gasteiger partial charge in [-0.15, -0.1) is 21.5 Å². The lowest BCUT2D eigenvalue weighted by molar-refractivity contribution is 1.01. The number of hydrogen-bond acceptors (Lipinski definition) is 8. The van der Waals surface area contributed by atoms with E-state index in [9.17, 15) is 0 Å². The number of rotatable bonds is 4. The minimum absolute atomic E-state index is 0.774. The number of aryl methyl sites for hydroxylation is 2. The molecule has 1 aromatic carbocycles. The summed E-state index contributed by atoms with van der Waals surface area (Å²) in [6.07, 6.45) is 1.59. The van der Waals surface area contributed by atoms with Crippen molar-refractivity contribution in [3.63, 3.8) is 0 Å². The quantitative estimate of drug-likeness (QED) is 0.506. The number of thiophene rings is 1. The predicted octanol–water partition coefficient (Wildman–Crippen LogP) is 5.05. The summed E-state index contributed by atoms with van der Waals surface area (Å²) in [4.78, 5) is 9.63. The van der Waals surface area contributed by atoms with Crippen LogP contribution in [0.1, 0.15) is 11.1 Å². The van der Waals surface area contributed by atoms with Crippen LogP contribution in [0.2, 0.25) is 0 Å². The molecule has 0 aliphatic rings. The molecule has 120 valence electrons. The van der Waals surface area contributed by atoms with Crippen LogP contribution in [-0.4, -0.2) is 20.2 Å². The molecule has 5 nitrogen and oxygen atoms in total. The van der Waals surface area contributed by atoms with E-state index in [2.05, 4.69) is 57.5 Å². The fourth-order valence-electron chi connectivity index (χ4n) is 2.18. The Morgan fingerprint density at radius 3 is 2.83 bits per heavy atom. The molecule has 0 spiro atoms. The number of aromatic nitrogens is 4. The fourth-order valence-corrected chi connectivity index (χ4v) is 4.73. The standard InChI is InChI=1S/C16H13N5S3/c1-9-3-4-11(7-10(9)2)19-15-20-21-16(24-15)23-14-12-5-6-22-13(12)17-8-18-14/h3-8H,1-2H3,(H,19,20). The zero-order valence-corrected chi connectivity index (χ0v) is 15.4. The van der Waals surface area contributed by atoms with Crippen molar-refractivity contribution in [1.82, 2.24) is 20.2 Å². The van der Waals surface area contributed by atoms with E-state index < -0.39 is 0 Å². The van der Waals surface area contributed by atoms with Gasteiger partial charge in [0.15, 0.2) is 4.34 Å². The molecule has 0 atom stereocenters. The lowest BCUT2D eigenvalue weighted by Gasteiger charge is -2.05. The maximum Gasteiger partial charge on any atom is 0.210 e. The zero-order chi connectivity index (χ0) is 16.5. The van der Waals surface area contributed by atoms with Crippen LogP contribution >= 0.6 is 34.4 Å². The van der Waals surface area contributed by atoms with E-state index in [0.717, 1.165) is 30.4 Å². The summed E-state index contributed by atoms with van der Waals surface area (Å²) in [5.41, 5.74) is 3.55. The predicted molar refractivity (Wildman–Crippen MR) is 101 cm³/mol. The first kappa shape index (κ1) is 15.5. The van der Waals surface area contributed by atoms with E-state index in [1.54, 1.807) is 17.7 Å². The number of fused-ring (bicyclic) bond motifs is 1. The van der Waals surface area contributed by atoms with Crippen molar-refractivity contribution >= 4 is 55.5 Å². The van der Waals surface area contributed by atoms with Gasteiger partial charge in [0, 0.05) is 11.1 Å². The highest BCUT2D eigenvalue weighted by molar-refractivity contribution is 8.01. The van der Waals surface area contributed by atoms with Crippen molar-refractivity contribution in [3.8, 4) is 0 Å². The topological polar surface area (TPSA) is 63.6 Å². The monoisotopic (exact) mass is 371 g/mol. The Hall–Kier alpha value is -2.03. The fraction of sp³-hybridized carbons (Fsp3) is 0.125. The van der Waals surface area contributed by atoms with Gasteiger partial charge in [0.2, 0.25) is 5.13 Å². The van der Waals surface area contributed by atoms with Gasteiger partial charge in [0.05, 0.1) is 0 Å². The van der Waals surface area contributed by atoms with Crippen molar-refractivity contribution in [3.05, 3.63) is 47.1 Å². The van der Waals surface area contributed by atoms with Crippen LogP contribution < -0.4 is 5.32 Å². The molecule has 0 unspecified atom stereocenters. The molecule has 1 N–H and O–H groups in total. The second-order valence-electron chi connectivity index (χ2n) is 5.22. The van der Waals surface area contributed by atoms with Gasteiger partial charge in [-0.2, -0.15) is 0 Å². The number of anilines is 2. The van der Waals surface area contributed by atoms with Gasteiger partial charge in [-0.25, -0.2) is 9.97 Å². The van der Waals surface area contributed by atoms with E-state index in [0.29, 0.717) is 0 Å². The number of hydrogen-bond donors (Lipinski definition) is 1. The number of nitrogens with zero attached hydrogens (tertiary/aromatic N) is 4. The van der Waals surface area contributed by atoms with E-state index in [1.165, 1.54) is 34.2 Å². The smallest absolute Gasteiger partial charge is 0.210 e. The van der Waals surface area contributed by atoms with Gasteiger partial charge in [-0.3, -0.25) is 0 Å². The van der Waals surface area contributed by atoms with Crippen LogP contribution in [0.15, 0.2) is 45.3 Å². The summed E-state index contributed by atoms with van der Waals surface area (Å²) in [7, 11) is 0. The van der Waals surface area contributed by atoms with E-state index in [1.807, 2.05) is 11.4 Å². The van der Waals surface area contributed by atoms with Crippen LogP contribution in [-0.2, 0) is 0 Å². The summed E-state index contributed by atoms with van der Waals surface area (Å²) in [5, 5.41) is 16.6. The second kappa shape index (κ2) is 6.46. The van der Waals surface area contributed by atoms with Crippen LogP contribution in [0, 0.1) is 13.8 Å². The highest BCUT2D eigenvalue weighted by Crippen LogP contribution is 2.36. The summed E-state index contributed by atoms with van der Waals surface area (Å²) >= 11 is 4.65. The highest BCUT2D eigenvalue weighted by atomic mass is 32.2. The maximum atomic E-state index is 4.37. The number of benzene rings is 1. The SMILES string of the molecule is Cc1ccc(Nc2nnc(Sc3ncnc4sccc34)s2)cc1C. The van der Waals surface area contributed by atoms with Crippen LogP contribution in [0.5, 0.6) is 0 Å². The summed E-state index contributed by atoms with van der Waals surface area (Å²) in [5.74, 6) is 0. The van der Waals surface area contributed by atoms with Crippen molar-refractivity contribution in [1.29, 1.82) is 0 Å². The van der Waals surface area contributed by atoms with Crippen LogP contribution in [0.4, 0.5) is 10.8 Å². The molecule has 0 fully saturated rings. The van der Waals surface area contributed by atoms with Crippen LogP contribution in [0.25, 0.3) is 10.2 Å². The van der Waals surface area contributed by atoms with Gasteiger partial charge < -0.3 is 5.32 Å². The Morgan fingerprint density at radius 2 is 1.96 bits per heavy atom. The van der Waals surface area contributed by atoms with Crippen molar-refractivity contribution in [2.24, 2.45) is 0 Å². The van der Waals surface area contributed by atoms with Gasteiger partial charge in [-0.05, 0) is 60.3 Å². The van der Waals surface area contributed by atoms with E-state index in [4.69, 9.17) is 0 Å². The third-order valence-electron chi connectivity index (χ3n) is 3.57. The first-order chi connectivity index (χ1) is 11.7. The summed E-state index contributed by atoms with van der Waals surface area (Å²) in [6.45, 7) is 4.20. The lowest BCUT2D eigenvalue weighted by atomic mass is 10.1. The molecule has 0 bridgehead atoms. The first-order valence-corrected chi connectivity index (χ1v) is 9.74. The first-order valence-electron chi connectivity index (χ1n) is 7.23. The molecule has 4 aromatic rings. The van der Waals surface area contributed by atoms with Gasteiger partial charge >= 0.3 is 0 Å².